The van der Waals surface area contributed by atoms with Crippen molar-refractivity contribution in [2.24, 2.45) is 5.73 Å². The summed E-state index contributed by atoms with van der Waals surface area (Å²) in [5.41, 5.74) is 6.77. The van der Waals surface area contributed by atoms with Crippen LogP contribution in [0.25, 0.3) is 0 Å². The average molecular weight is 178 g/mol. The van der Waals surface area contributed by atoms with Crippen LogP contribution in [0, 0.1) is 0 Å². The molecule has 1 aromatic rings. The van der Waals surface area contributed by atoms with E-state index in [1.54, 1.807) is 0 Å². The summed E-state index contributed by atoms with van der Waals surface area (Å²) in [6, 6.07) is 10.5. The van der Waals surface area contributed by atoms with Crippen LogP contribution in [0.2, 0.25) is 0 Å². The number of rotatable bonds is 5. The van der Waals surface area contributed by atoms with E-state index in [-0.39, 0.29) is 0 Å². The Morgan fingerprint density at radius 1 is 1.31 bits per heavy atom. The average Bonchev–Trinajstić information content (AvgIpc) is 2.19. The predicted molar refractivity (Wildman–Crippen MR) is 56.8 cm³/mol. The van der Waals surface area contributed by atoms with Crippen LogP contribution >= 0.6 is 0 Å². The van der Waals surface area contributed by atoms with Gasteiger partial charge >= 0.3 is 0 Å². The van der Waals surface area contributed by atoms with E-state index in [1.807, 2.05) is 6.07 Å². The summed E-state index contributed by atoms with van der Waals surface area (Å²) in [7, 11) is 0. The molecule has 0 saturated heterocycles. The minimum Gasteiger partial charge on any atom is -0.329 e. The van der Waals surface area contributed by atoms with Crippen LogP contribution in [0.1, 0.15) is 18.4 Å². The maximum Gasteiger partial charge on any atom is 0.00747 e. The summed E-state index contributed by atoms with van der Waals surface area (Å²) >= 11 is 0. The van der Waals surface area contributed by atoms with E-state index in [0.717, 1.165) is 13.1 Å². The molecule has 0 spiro atoms. The molecule has 0 aromatic heterocycles. The Bertz CT molecular complexity index is 221. The zero-order valence-corrected chi connectivity index (χ0v) is 8.16. The van der Waals surface area contributed by atoms with Crippen LogP contribution < -0.4 is 11.1 Å². The lowest BCUT2D eigenvalue weighted by Crippen LogP contribution is -2.26. The Morgan fingerprint density at radius 2 is 2.00 bits per heavy atom. The van der Waals surface area contributed by atoms with Gasteiger partial charge in [0.05, 0.1) is 0 Å². The standard InChI is InChI=1S/C11H18N2/c1-10(9-13-8-7-12)11-5-3-2-4-6-11/h2-6,10,13H,7-9,12H2,1H3. The highest BCUT2D eigenvalue weighted by molar-refractivity contribution is 5.18. The SMILES string of the molecule is CC(CNCCN)c1ccccc1. The van der Waals surface area contributed by atoms with Crippen molar-refractivity contribution in [1.29, 1.82) is 0 Å². The van der Waals surface area contributed by atoms with Gasteiger partial charge in [0, 0.05) is 19.6 Å². The van der Waals surface area contributed by atoms with Crippen molar-refractivity contribution >= 4 is 0 Å². The molecule has 3 N–H and O–H groups in total. The third-order valence-corrected chi connectivity index (χ3v) is 2.14. The lowest BCUT2D eigenvalue weighted by atomic mass is 10.0. The molecule has 0 heterocycles. The zero-order valence-electron chi connectivity index (χ0n) is 8.16. The lowest BCUT2D eigenvalue weighted by molar-refractivity contribution is 0.620. The summed E-state index contributed by atoms with van der Waals surface area (Å²) in [6.45, 7) is 4.83. The Kier molecular flexibility index (Phi) is 4.50. The first kappa shape index (κ1) is 10.2. The van der Waals surface area contributed by atoms with Gasteiger partial charge < -0.3 is 11.1 Å². The maximum absolute atomic E-state index is 5.39. The summed E-state index contributed by atoms with van der Waals surface area (Å²) < 4.78 is 0. The van der Waals surface area contributed by atoms with Crippen molar-refractivity contribution in [2.75, 3.05) is 19.6 Å². The second kappa shape index (κ2) is 5.73. The van der Waals surface area contributed by atoms with Crippen molar-refractivity contribution in [3.8, 4) is 0 Å². The molecular weight excluding hydrogens is 160 g/mol. The molecule has 0 aliphatic carbocycles. The Balaban J connectivity index is 2.35. The third kappa shape index (κ3) is 3.57. The van der Waals surface area contributed by atoms with Crippen LogP contribution in [0.15, 0.2) is 30.3 Å². The van der Waals surface area contributed by atoms with Gasteiger partial charge in [-0.3, -0.25) is 0 Å². The first-order valence-corrected chi connectivity index (χ1v) is 4.80. The van der Waals surface area contributed by atoms with E-state index in [4.69, 9.17) is 5.73 Å². The molecule has 2 nitrogen and oxygen atoms in total. The van der Waals surface area contributed by atoms with E-state index in [2.05, 4.69) is 36.5 Å². The fraction of sp³-hybridized carbons (Fsp3) is 0.455. The molecule has 0 radical (unpaired) electrons. The molecule has 0 amide bonds. The molecule has 1 rings (SSSR count). The van der Waals surface area contributed by atoms with E-state index >= 15 is 0 Å². The van der Waals surface area contributed by atoms with Crippen LogP contribution in [-0.4, -0.2) is 19.6 Å². The van der Waals surface area contributed by atoms with Gasteiger partial charge in [0.25, 0.3) is 0 Å². The van der Waals surface area contributed by atoms with Crippen LogP contribution in [-0.2, 0) is 0 Å². The summed E-state index contributed by atoms with van der Waals surface area (Å²) in [4.78, 5) is 0. The van der Waals surface area contributed by atoms with Gasteiger partial charge in [-0.1, -0.05) is 37.3 Å². The second-order valence-corrected chi connectivity index (χ2v) is 3.30. The van der Waals surface area contributed by atoms with E-state index in [9.17, 15) is 0 Å². The molecule has 0 aliphatic rings. The highest BCUT2D eigenvalue weighted by Gasteiger charge is 2.02. The molecule has 1 atom stereocenters. The molecule has 1 aromatic carbocycles. The van der Waals surface area contributed by atoms with Gasteiger partial charge in [-0.25, -0.2) is 0 Å². The van der Waals surface area contributed by atoms with Crippen molar-refractivity contribution in [1.82, 2.24) is 5.32 Å². The normalized spacial score (nSPS) is 12.8. The third-order valence-electron chi connectivity index (χ3n) is 2.14. The molecule has 72 valence electrons. The van der Waals surface area contributed by atoms with Crippen LogP contribution in [0.3, 0.4) is 0 Å². The molecule has 13 heavy (non-hydrogen) atoms. The highest BCUT2D eigenvalue weighted by atomic mass is 14.9. The number of hydrogen-bond donors (Lipinski definition) is 2. The first-order chi connectivity index (χ1) is 6.34. The van der Waals surface area contributed by atoms with Crippen molar-refractivity contribution in [2.45, 2.75) is 12.8 Å². The summed E-state index contributed by atoms with van der Waals surface area (Å²) in [5.74, 6) is 0.563. The quantitative estimate of drug-likeness (QED) is 0.668. The van der Waals surface area contributed by atoms with Gasteiger partial charge in [0.15, 0.2) is 0 Å². The Morgan fingerprint density at radius 3 is 2.62 bits per heavy atom. The maximum atomic E-state index is 5.39. The Labute approximate surface area is 80.1 Å². The number of nitrogens with one attached hydrogen (secondary N) is 1. The smallest absolute Gasteiger partial charge is 0.00747 e. The van der Waals surface area contributed by atoms with Crippen LogP contribution in [0.5, 0.6) is 0 Å². The van der Waals surface area contributed by atoms with Crippen molar-refractivity contribution in [3.05, 3.63) is 35.9 Å². The van der Waals surface area contributed by atoms with Gasteiger partial charge in [0.2, 0.25) is 0 Å². The van der Waals surface area contributed by atoms with Gasteiger partial charge in [-0.15, -0.1) is 0 Å². The zero-order chi connectivity index (χ0) is 9.52. The topological polar surface area (TPSA) is 38.0 Å². The van der Waals surface area contributed by atoms with Gasteiger partial charge in [-0.05, 0) is 11.5 Å². The van der Waals surface area contributed by atoms with Gasteiger partial charge in [-0.2, -0.15) is 0 Å². The number of benzene rings is 1. The highest BCUT2D eigenvalue weighted by Crippen LogP contribution is 2.12. The minimum absolute atomic E-state index is 0.563. The molecular formula is C11H18N2. The van der Waals surface area contributed by atoms with Gasteiger partial charge in [0.1, 0.15) is 0 Å². The Hall–Kier alpha value is -0.860. The molecule has 2 heteroatoms. The molecule has 0 saturated carbocycles. The summed E-state index contributed by atoms with van der Waals surface area (Å²) in [6.07, 6.45) is 0. The monoisotopic (exact) mass is 178 g/mol. The number of nitrogens with two attached hydrogens (primary N) is 1. The predicted octanol–water partition coefficient (Wildman–Crippen LogP) is 1.34. The first-order valence-electron chi connectivity index (χ1n) is 4.80. The fourth-order valence-corrected chi connectivity index (χ4v) is 1.32. The molecule has 0 bridgehead atoms. The largest absolute Gasteiger partial charge is 0.329 e. The summed E-state index contributed by atoms with van der Waals surface area (Å²) in [5, 5.41) is 3.31. The van der Waals surface area contributed by atoms with E-state index in [0.29, 0.717) is 12.5 Å². The minimum atomic E-state index is 0.563. The molecule has 0 aliphatic heterocycles. The van der Waals surface area contributed by atoms with E-state index < -0.39 is 0 Å². The van der Waals surface area contributed by atoms with Crippen molar-refractivity contribution < 1.29 is 0 Å². The fourth-order valence-electron chi connectivity index (χ4n) is 1.32. The van der Waals surface area contributed by atoms with Crippen molar-refractivity contribution in [3.63, 3.8) is 0 Å². The van der Waals surface area contributed by atoms with Crippen LogP contribution in [0.4, 0.5) is 0 Å². The second-order valence-electron chi connectivity index (χ2n) is 3.30. The van der Waals surface area contributed by atoms with E-state index in [1.165, 1.54) is 5.56 Å². The molecule has 0 fully saturated rings. The number of hydrogen-bond acceptors (Lipinski definition) is 2. The molecule has 1 unspecified atom stereocenters. The lowest BCUT2D eigenvalue weighted by Gasteiger charge is -2.12.